The first-order valence-corrected chi connectivity index (χ1v) is 3.21. The summed E-state index contributed by atoms with van der Waals surface area (Å²) in [5.41, 5.74) is 0. The van der Waals surface area contributed by atoms with Crippen LogP contribution in [0.4, 0.5) is 17.6 Å². The van der Waals surface area contributed by atoms with Gasteiger partial charge in [-0.1, -0.05) is 0 Å². The fourth-order valence-corrected chi connectivity index (χ4v) is 0.569. The Morgan fingerprint density at radius 3 is 2.33 bits per heavy atom. The Balaban J connectivity index is 3.76. The molecular formula is C6H9F4NO. The summed E-state index contributed by atoms with van der Waals surface area (Å²) in [6.07, 6.45) is -4.23. The van der Waals surface area contributed by atoms with E-state index in [1.165, 1.54) is 0 Å². The van der Waals surface area contributed by atoms with E-state index in [0.29, 0.717) is 6.08 Å². The number of hydrogen-bond donors (Lipinski definition) is 2. The van der Waals surface area contributed by atoms with Crippen molar-refractivity contribution < 1.29 is 22.7 Å². The van der Waals surface area contributed by atoms with Crippen LogP contribution in [0.5, 0.6) is 0 Å². The first kappa shape index (κ1) is 11.4. The quantitative estimate of drug-likeness (QED) is 0.629. The predicted molar refractivity (Wildman–Crippen MR) is 35.2 cm³/mol. The van der Waals surface area contributed by atoms with Crippen molar-refractivity contribution in [3.63, 3.8) is 0 Å². The third-order valence-electron chi connectivity index (χ3n) is 1.06. The molecule has 12 heavy (non-hydrogen) atoms. The third kappa shape index (κ3) is 6.11. The molecule has 2 N–H and O–H groups in total. The minimum atomic E-state index is -2.62. The largest absolute Gasteiger partial charge is 0.394 e. The Morgan fingerprint density at radius 2 is 2.00 bits per heavy atom. The van der Waals surface area contributed by atoms with Crippen LogP contribution in [0.3, 0.4) is 0 Å². The summed E-state index contributed by atoms with van der Waals surface area (Å²) in [6.45, 7) is -1.35. The fraction of sp³-hybridized carbons (Fsp3) is 0.667. The van der Waals surface area contributed by atoms with Gasteiger partial charge < -0.3 is 10.4 Å². The summed E-state index contributed by atoms with van der Waals surface area (Å²) in [5, 5.41) is 10.4. The van der Waals surface area contributed by atoms with E-state index >= 15 is 0 Å². The van der Waals surface area contributed by atoms with Crippen molar-refractivity contribution >= 4 is 0 Å². The van der Waals surface area contributed by atoms with Crippen LogP contribution in [0.15, 0.2) is 12.2 Å². The molecule has 0 bridgehead atoms. The molecular weight excluding hydrogens is 178 g/mol. The smallest absolute Gasteiger partial charge is 0.267 e. The monoisotopic (exact) mass is 187 g/mol. The van der Waals surface area contributed by atoms with E-state index in [4.69, 9.17) is 5.11 Å². The average Bonchev–Trinajstić information content (AvgIpc) is 1.97. The molecule has 0 aromatic heterocycles. The minimum absolute atomic E-state index is 0.391. The molecule has 0 aromatic rings. The lowest BCUT2D eigenvalue weighted by Crippen LogP contribution is -2.34. The Kier molecular flexibility index (Phi) is 5.65. The summed E-state index contributed by atoms with van der Waals surface area (Å²) < 4.78 is 46.1. The van der Waals surface area contributed by atoms with Crippen molar-refractivity contribution in [1.82, 2.24) is 5.32 Å². The number of rotatable bonds is 5. The average molecular weight is 187 g/mol. The lowest BCUT2D eigenvalue weighted by molar-refractivity contribution is 0.137. The van der Waals surface area contributed by atoms with Crippen LogP contribution in [-0.4, -0.2) is 30.7 Å². The SMILES string of the molecule is OC[C@H](C=C(F)F)NCC(F)F. The van der Waals surface area contributed by atoms with Gasteiger partial charge in [0.05, 0.1) is 19.2 Å². The van der Waals surface area contributed by atoms with Crippen molar-refractivity contribution in [3.8, 4) is 0 Å². The van der Waals surface area contributed by atoms with Crippen LogP contribution >= 0.6 is 0 Å². The highest BCUT2D eigenvalue weighted by molar-refractivity contribution is 4.92. The third-order valence-corrected chi connectivity index (χ3v) is 1.06. The second kappa shape index (κ2) is 5.96. The fourth-order valence-electron chi connectivity index (χ4n) is 0.569. The molecule has 0 heterocycles. The molecule has 1 atom stereocenters. The van der Waals surface area contributed by atoms with Crippen LogP contribution in [0.1, 0.15) is 0 Å². The summed E-state index contributed by atoms with van der Waals surface area (Å²) in [4.78, 5) is 0. The van der Waals surface area contributed by atoms with Gasteiger partial charge in [-0.2, -0.15) is 8.78 Å². The summed E-state index contributed by atoms with van der Waals surface area (Å²) in [6, 6.07) is -1.11. The zero-order chi connectivity index (χ0) is 9.56. The maximum atomic E-state index is 11.5. The summed E-state index contributed by atoms with van der Waals surface area (Å²) in [5.74, 6) is 0. The van der Waals surface area contributed by atoms with E-state index in [-0.39, 0.29) is 0 Å². The summed E-state index contributed by atoms with van der Waals surface area (Å²) >= 11 is 0. The van der Waals surface area contributed by atoms with Gasteiger partial charge in [0, 0.05) is 6.08 Å². The van der Waals surface area contributed by atoms with E-state index in [9.17, 15) is 17.6 Å². The molecule has 0 radical (unpaired) electrons. The normalized spacial score (nSPS) is 13.2. The van der Waals surface area contributed by atoms with Gasteiger partial charge in [-0.3, -0.25) is 0 Å². The van der Waals surface area contributed by atoms with Crippen LogP contribution < -0.4 is 5.32 Å². The number of aliphatic hydroxyl groups is 1. The first-order valence-electron chi connectivity index (χ1n) is 3.21. The standard InChI is InChI=1S/C6H9F4NO/c7-5(8)1-4(3-12)11-2-6(9)10/h1,4,6,11-12H,2-3H2/t4-/m0/s1. The topological polar surface area (TPSA) is 32.3 Å². The predicted octanol–water partition coefficient (Wildman–Crippen LogP) is 0.982. The first-order chi connectivity index (χ1) is 5.56. The van der Waals surface area contributed by atoms with E-state index in [1.54, 1.807) is 0 Å². The molecule has 0 saturated heterocycles. The molecule has 2 nitrogen and oxygen atoms in total. The molecule has 0 amide bonds. The van der Waals surface area contributed by atoms with Gasteiger partial charge in [0.25, 0.3) is 12.5 Å². The highest BCUT2D eigenvalue weighted by atomic mass is 19.3. The zero-order valence-corrected chi connectivity index (χ0v) is 6.11. The molecule has 0 rings (SSSR count). The van der Waals surface area contributed by atoms with Crippen LogP contribution in [0, 0.1) is 0 Å². The van der Waals surface area contributed by atoms with Gasteiger partial charge in [-0.25, -0.2) is 8.78 Å². The van der Waals surface area contributed by atoms with Crippen LogP contribution in [-0.2, 0) is 0 Å². The highest BCUT2D eigenvalue weighted by Gasteiger charge is 2.08. The molecule has 0 saturated carbocycles. The molecule has 72 valence electrons. The van der Waals surface area contributed by atoms with Crippen molar-refractivity contribution in [2.45, 2.75) is 12.5 Å². The van der Waals surface area contributed by atoms with E-state index in [1.807, 2.05) is 5.32 Å². The number of aliphatic hydroxyl groups excluding tert-OH is 1. The van der Waals surface area contributed by atoms with Crippen molar-refractivity contribution in [3.05, 3.63) is 12.2 Å². The number of alkyl halides is 2. The molecule has 6 heteroatoms. The molecule has 0 fully saturated rings. The van der Waals surface area contributed by atoms with Gasteiger partial charge in [-0.05, 0) is 0 Å². The number of nitrogens with one attached hydrogen (secondary N) is 1. The number of hydrogen-bond acceptors (Lipinski definition) is 2. The van der Waals surface area contributed by atoms with Gasteiger partial charge in [0.2, 0.25) is 0 Å². The number of halogens is 4. The Bertz CT molecular complexity index is 146. The van der Waals surface area contributed by atoms with Gasteiger partial charge in [0.15, 0.2) is 0 Å². The molecule has 0 spiro atoms. The Labute approximate surface area is 66.9 Å². The van der Waals surface area contributed by atoms with E-state index in [2.05, 4.69) is 0 Å². The second-order valence-electron chi connectivity index (χ2n) is 2.04. The van der Waals surface area contributed by atoms with Gasteiger partial charge in [-0.15, -0.1) is 0 Å². The molecule has 0 aliphatic rings. The van der Waals surface area contributed by atoms with Crippen LogP contribution in [0.25, 0.3) is 0 Å². The maximum Gasteiger partial charge on any atom is 0.267 e. The maximum absolute atomic E-state index is 11.5. The highest BCUT2D eigenvalue weighted by Crippen LogP contribution is 2.00. The van der Waals surface area contributed by atoms with Gasteiger partial charge >= 0.3 is 0 Å². The van der Waals surface area contributed by atoms with E-state index in [0.717, 1.165) is 0 Å². The lowest BCUT2D eigenvalue weighted by atomic mass is 10.3. The van der Waals surface area contributed by atoms with Crippen molar-refractivity contribution in [1.29, 1.82) is 0 Å². The lowest BCUT2D eigenvalue weighted by Gasteiger charge is -2.10. The Morgan fingerprint density at radius 1 is 1.42 bits per heavy atom. The Hall–Kier alpha value is -0.620. The molecule has 0 unspecified atom stereocenters. The minimum Gasteiger partial charge on any atom is -0.394 e. The van der Waals surface area contributed by atoms with Crippen molar-refractivity contribution in [2.24, 2.45) is 0 Å². The molecule has 0 aliphatic heterocycles. The van der Waals surface area contributed by atoms with Crippen molar-refractivity contribution in [2.75, 3.05) is 13.2 Å². The molecule has 0 aliphatic carbocycles. The van der Waals surface area contributed by atoms with Gasteiger partial charge in [0.1, 0.15) is 0 Å². The van der Waals surface area contributed by atoms with E-state index < -0.39 is 31.7 Å². The van der Waals surface area contributed by atoms with Crippen LogP contribution in [0.2, 0.25) is 0 Å². The summed E-state index contributed by atoms with van der Waals surface area (Å²) in [7, 11) is 0. The molecule has 0 aromatic carbocycles. The zero-order valence-electron chi connectivity index (χ0n) is 6.11. The second-order valence-corrected chi connectivity index (χ2v) is 2.04.